The van der Waals surface area contributed by atoms with Gasteiger partial charge >= 0.3 is 0 Å². The van der Waals surface area contributed by atoms with Crippen molar-refractivity contribution in [3.05, 3.63) is 23.4 Å². The lowest BCUT2D eigenvalue weighted by Crippen LogP contribution is -2.18. The predicted molar refractivity (Wildman–Crippen MR) is 78.0 cm³/mol. The van der Waals surface area contributed by atoms with Crippen LogP contribution in [-0.4, -0.2) is 30.3 Å². The molecule has 1 unspecified atom stereocenters. The summed E-state index contributed by atoms with van der Waals surface area (Å²) in [7, 11) is 0. The molecule has 0 bridgehead atoms. The summed E-state index contributed by atoms with van der Waals surface area (Å²) in [6, 6.07) is 4.98. The Labute approximate surface area is 120 Å². The van der Waals surface area contributed by atoms with E-state index in [2.05, 4.69) is 36.3 Å². The van der Waals surface area contributed by atoms with Crippen LogP contribution in [0.15, 0.2) is 12.1 Å². The molecule has 3 rings (SSSR count). The van der Waals surface area contributed by atoms with Gasteiger partial charge in [0.1, 0.15) is 6.10 Å². The first-order valence-electron chi connectivity index (χ1n) is 7.69. The molecule has 2 fully saturated rings. The van der Waals surface area contributed by atoms with Crippen molar-refractivity contribution in [3.63, 3.8) is 0 Å². The second kappa shape index (κ2) is 6.10. The first-order valence-corrected chi connectivity index (χ1v) is 7.69. The minimum Gasteiger partial charge on any atom is -0.472 e. The van der Waals surface area contributed by atoms with Crippen molar-refractivity contribution in [1.82, 2.24) is 10.3 Å². The van der Waals surface area contributed by atoms with Crippen molar-refractivity contribution in [2.75, 3.05) is 13.2 Å². The van der Waals surface area contributed by atoms with Crippen LogP contribution in [-0.2, 0) is 11.3 Å². The van der Waals surface area contributed by atoms with Crippen molar-refractivity contribution in [1.29, 1.82) is 0 Å². The lowest BCUT2D eigenvalue weighted by Gasteiger charge is -2.15. The van der Waals surface area contributed by atoms with Gasteiger partial charge in [0, 0.05) is 30.8 Å². The number of hydrogen-bond donors (Lipinski definition) is 1. The molecule has 1 aliphatic heterocycles. The van der Waals surface area contributed by atoms with E-state index >= 15 is 0 Å². The summed E-state index contributed by atoms with van der Waals surface area (Å²) < 4.78 is 11.3. The minimum absolute atomic E-state index is 0.161. The lowest BCUT2D eigenvalue weighted by atomic mass is 10.1. The van der Waals surface area contributed by atoms with E-state index in [1.54, 1.807) is 0 Å². The second-order valence-corrected chi connectivity index (χ2v) is 6.15. The first-order chi connectivity index (χ1) is 9.70. The summed E-state index contributed by atoms with van der Waals surface area (Å²) in [6.07, 6.45) is 3.74. The van der Waals surface area contributed by atoms with E-state index in [0.29, 0.717) is 12.5 Å². The highest BCUT2D eigenvalue weighted by Crippen LogP contribution is 2.23. The molecule has 4 nitrogen and oxygen atoms in total. The Morgan fingerprint density at radius 1 is 1.35 bits per heavy atom. The quantitative estimate of drug-likeness (QED) is 0.867. The van der Waals surface area contributed by atoms with E-state index in [-0.39, 0.29) is 6.10 Å². The van der Waals surface area contributed by atoms with Crippen molar-refractivity contribution in [2.45, 2.75) is 57.7 Å². The molecule has 0 radical (unpaired) electrons. The smallest absolute Gasteiger partial charge is 0.214 e. The molecule has 4 heteroatoms. The molecule has 1 aromatic rings. The maximum atomic E-state index is 5.97. The van der Waals surface area contributed by atoms with Crippen LogP contribution < -0.4 is 10.1 Å². The van der Waals surface area contributed by atoms with E-state index in [9.17, 15) is 0 Å². The molecule has 1 aliphatic carbocycles. The highest BCUT2D eigenvalue weighted by atomic mass is 16.5. The second-order valence-electron chi connectivity index (χ2n) is 6.15. The maximum Gasteiger partial charge on any atom is 0.214 e. The molecule has 1 N–H and O–H groups in total. The average Bonchev–Trinajstić information content (AvgIpc) is 3.13. The third-order valence-corrected chi connectivity index (χ3v) is 3.82. The summed E-state index contributed by atoms with van der Waals surface area (Å²) in [4.78, 5) is 4.63. The van der Waals surface area contributed by atoms with Gasteiger partial charge in [-0.25, -0.2) is 4.98 Å². The Balaban J connectivity index is 1.71. The van der Waals surface area contributed by atoms with Crippen LogP contribution in [0.3, 0.4) is 0 Å². The van der Waals surface area contributed by atoms with Gasteiger partial charge in [0.15, 0.2) is 0 Å². The molecular weight excluding hydrogens is 252 g/mol. The van der Waals surface area contributed by atoms with Gasteiger partial charge in [-0.05, 0) is 30.4 Å². The molecule has 1 saturated heterocycles. The van der Waals surface area contributed by atoms with Crippen LogP contribution in [0.1, 0.15) is 50.3 Å². The Morgan fingerprint density at radius 3 is 2.85 bits per heavy atom. The molecule has 2 heterocycles. The number of nitrogens with one attached hydrogen (secondary N) is 1. The fourth-order valence-corrected chi connectivity index (χ4v) is 2.37. The number of nitrogens with zero attached hydrogens (tertiary/aromatic N) is 1. The first kappa shape index (κ1) is 13.8. The Kier molecular flexibility index (Phi) is 4.22. The summed E-state index contributed by atoms with van der Waals surface area (Å²) in [5.74, 6) is 1.16. The third-order valence-electron chi connectivity index (χ3n) is 3.82. The standard InChI is InChI=1S/C16H24N2O2/c1-11(2)15-7-12(9-17-13-3-4-13)8-16(18-15)20-14-5-6-19-10-14/h7-8,11,13-14,17H,3-6,9-10H2,1-2H3. The monoisotopic (exact) mass is 276 g/mol. The van der Waals surface area contributed by atoms with Gasteiger partial charge in [-0.1, -0.05) is 13.8 Å². The van der Waals surface area contributed by atoms with Gasteiger partial charge in [-0.2, -0.15) is 0 Å². The number of rotatable bonds is 6. The van der Waals surface area contributed by atoms with E-state index in [0.717, 1.165) is 37.2 Å². The van der Waals surface area contributed by atoms with Crippen LogP contribution in [0.4, 0.5) is 0 Å². The zero-order chi connectivity index (χ0) is 13.9. The minimum atomic E-state index is 0.161. The van der Waals surface area contributed by atoms with Crippen LogP contribution >= 0.6 is 0 Å². The highest BCUT2D eigenvalue weighted by molar-refractivity contribution is 5.27. The molecule has 1 aromatic heterocycles. The highest BCUT2D eigenvalue weighted by Gasteiger charge is 2.21. The molecule has 110 valence electrons. The molecular formula is C16H24N2O2. The normalized spacial score (nSPS) is 22.4. The van der Waals surface area contributed by atoms with Crippen molar-refractivity contribution < 1.29 is 9.47 Å². The Hall–Kier alpha value is -1.13. The van der Waals surface area contributed by atoms with E-state index in [1.165, 1.54) is 18.4 Å². The van der Waals surface area contributed by atoms with E-state index in [1.807, 2.05) is 0 Å². The number of aromatic nitrogens is 1. The largest absolute Gasteiger partial charge is 0.472 e. The summed E-state index contributed by atoms with van der Waals surface area (Å²) in [5.41, 5.74) is 2.37. The number of hydrogen-bond acceptors (Lipinski definition) is 4. The van der Waals surface area contributed by atoms with Gasteiger partial charge in [0.2, 0.25) is 5.88 Å². The Morgan fingerprint density at radius 2 is 2.20 bits per heavy atom. The fourth-order valence-electron chi connectivity index (χ4n) is 2.37. The molecule has 20 heavy (non-hydrogen) atoms. The molecule has 1 saturated carbocycles. The summed E-state index contributed by atoms with van der Waals surface area (Å²) in [6.45, 7) is 6.73. The SMILES string of the molecule is CC(C)c1cc(CNC2CC2)cc(OC2CCOC2)n1. The Bertz CT molecular complexity index is 452. The molecule has 2 aliphatic rings. The van der Waals surface area contributed by atoms with Gasteiger partial charge in [0.25, 0.3) is 0 Å². The molecule has 0 spiro atoms. The zero-order valence-corrected chi connectivity index (χ0v) is 12.4. The molecule has 0 aromatic carbocycles. The van der Waals surface area contributed by atoms with Gasteiger partial charge in [-0.3, -0.25) is 0 Å². The predicted octanol–water partition coefficient (Wildman–Crippen LogP) is 2.62. The third kappa shape index (κ3) is 3.70. The number of ether oxygens (including phenoxy) is 2. The fraction of sp³-hybridized carbons (Fsp3) is 0.688. The average molecular weight is 276 g/mol. The van der Waals surface area contributed by atoms with Crippen molar-refractivity contribution >= 4 is 0 Å². The molecule has 1 atom stereocenters. The van der Waals surface area contributed by atoms with E-state index in [4.69, 9.17) is 9.47 Å². The topological polar surface area (TPSA) is 43.4 Å². The molecule has 0 amide bonds. The maximum absolute atomic E-state index is 5.97. The van der Waals surface area contributed by atoms with Crippen molar-refractivity contribution in [3.8, 4) is 5.88 Å². The zero-order valence-electron chi connectivity index (χ0n) is 12.4. The van der Waals surface area contributed by atoms with Gasteiger partial charge in [-0.15, -0.1) is 0 Å². The van der Waals surface area contributed by atoms with E-state index < -0.39 is 0 Å². The van der Waals surface area contributed by atoms with Crippen LogP contribution in [0.5, 0.6) is 5.88 Å². The summed E-state index contributed by atoms with van der Waals surface area (Å²) >= 11 is 0. The van der Waals surface area contributed by atoms with Gasteiger partial charge in [0.05, 0.1) is 13.2 Å². The van der Waals surface area contributed by atoms with Gasteiger partial charge < -0.3 is 14.8 Å². The van der Waals surface area contributed by atoms with Crippen LogP contribution in [0, 0.1) is 0 Å². The van der Waals surface area contributed by atoms with Crippen LogP contribution in [0.25, 0.3) is 0 Å². The van der Waals surface area contributed by atoms with Crippen molar-refractivity contribution in [2.24, 2.45) is 0 Å². The lowest BCUT2D eigenvalue weighted by molar-refractivity contribution is 0.137. The van der Waals surface area contributed by atoms with Crippen LogP contribution in [0.2, 0.25) is 0 Å². The number of pyridine rings is 1. The summed E-state index contributed by atoms with van der Waals surface area (Å²) in [5, 5.41) is 3.55.